The predicted octanol–water partition coefficient (Wildman–Crippen LogP) is 3.87. The first-order valence-corrected chi connectivity index (χ1v) is 11.4. The maximum absolute atomic E-state index is 5.86. The summed E-state index contributed by atoms with van der Waals surface area (Å²) in [5.41, 5.74) is 0. The van der Waals surface area contributed by atoms with Crippen LogP contribution < -0.4 is 9.47 Å². The maximum atomic E-state index is 5.86. The Balaban J connectivity index is 1.55. The van der Waals surface area contributed by atoms with E-state index in [1.165, 1.54) is 0 Å². The fourth-order valence-electron chi connectivity index (χ4n) is 2.20. The van der Waals surface area contributed by atoms with Crippen molar-refractivity contribution in [3.8, 4) is 11.5 Å². The summed E-state index contributed by atoms with van der Waals surface area (Å²) in [6.07, 6.45) is 3.75. The molecule has 0 spiro atoms. The lowest BCUT2D eigenvalue weighted by Crippen LogP contribution is -2.06. The van der Waals surface area contributed by atoms with E-state index in [-0.39, 0.29) is 0 Å². The van der Waals surface area contributed by atoms with Crippen LogP contribution >= 0.6 is 34.4 Å². The van der Waals surface area contributed by atoms with Crippen LogP contribution in [0.1, 0.15) is 9.75 Å². The van der Waals surface area contributed by atoms with Gasteiger partial charge in [-0.1, -0.05) is 0 Å². The average Bonchev–Trinajstić information content (AvgIpc) is 3.28. The van der Waals surface area contributed by atoms with Crippen LogP contribution in [-0.4, -0.2) is 63.5 Å². The molecule has 0 saturated carbocycles. The third-order valence-corrected chi connectivity index (χ3v) is 6.01. The van der Waals surface area contributed by atoms with Crippen molar-refractivity contribution in [2.75, 3.05) is 51.0 Å². The highest BCUT2D eigenvalue weighted by Gasteiger charge is 2.05. The predicted molar refractivity (Wildman–Crippen MR) is 113 cm³/mol. The first kappa shape index (κ1) is 19.4. The largest absolute Gasteiger partial charge is 0.491 e. The minimum atomic E-state index is 0.595. The molecule has 0 amide bonds. The Labute approximate surface area is 166 Å². The fourth-order valence-corrected chi connectivity index (χ4v) is 4.24. The number of thiophene rings is 2. The average molecular weight is 411 g/mol. The van der Waals surface area contributed by atoms with Crippen LogP contribution in [0.15, 0.2) is 32.9 Å². The monoisotopic (exact) mass is 410 g/mol. The molecule has 140 valence electrons. The second-order valence-electron chi connectivity index (χ2n) is 5.29. The van der Waals surface area contributed by atoms with Gasteiger partial charge in [-0.3, -0.25) is 9.98 Å². The van der Waals surface area contributed by atoms with Crippen molar-refractivity contribution in [3.63, 3.8) is 0 Å². The molecule has 26 heavy (non-hydrogen) atoms. The van der Waals surface area contributed by atoms with Crippen molar-refractivity contribution < 1.29 is 14.2 Å². The van der Waals surface area contributed by atoms with Crippen molar-refractivity contribution in [2.45, 2.75) is 0 Å². The quantitative estimate of drug-likeness (QED) is 0.662. The Hall–Kier alpha value is -1.35. The summed E-state index contributed by atoms with van der Waals surface area (Å²) < 4.78 is 17.3. The molecule has 1 aliphatic heterocycles. The van der Waals surface area contributed by atoms with Crippen molar-refractivity contribution in [2.24, 2.45) is 9.98 Å². The molecule has 0 aromatic carbocycles. The van der Waals surface area contributed by atoms with Crippen LogP contribution in [0.25, 0.3) is 0 Å². The highest BCUT2D eigenvalue weighted by atomic mass is 32.2. The summed E-state index contributed by atoms with van der Waals surface area (Å²) in [7, 11) is 0. The van der Waals surface area contributed by atoms with Gasteiger partial charge in [0.15, 0.2) is 0 Å². The molecule has 0 fully saturated rings. The lowest BCUT2D eigenvalue weighted by molar-refractivity contribution is 0.150. The molecular formula is C18H22N2O3S3. The minimum Gasteiger partial charge on any atom is -0.491 e. The molecule has 5 nitrogen and oxygen atoms in total. The molecule has 8 heteroatoms. The lowest BCUT2D eigenvalue weighted by Gasteiger charge is -2.07. The Morgan fingerprint density at radius 1 is 0.731 bits per heavy atom. The van der Waals surface area contributed by atoms with Crippen LogP contribution in [0.2, 0.25) is 0 Å². The number of fused-ring (bicyclic) bond motifs is 2. The standard InChI is InChI=1S/C18H22N2O3S3/c1-9-25-17-13-19-3-5-21-6-4-20-14-18-16(2-10-26-18)23-8-12-24-11-7-22-15(1)17/h1-2,9-10,13-14H,3-8,11-12H2. The van der Waals surface area contributed by atoms with Crippen LogP contribution in [0.3, 0.4) is 0 Å². The van der Waals surface area contributed by atoms with E-state index in [1.807, 2.05) is 47.1 Å². The summed E-state index contributed by atoms with van der Waals surface area (Å²) in [4.78, 5) is 11.0. The molecule has 3 heterocycles. The molecular weight excluding hydrogens is 388 g/mol. The van der Waals surface area contributed by atoms with Crippen molar-refractivity contribution in [1.82, 2.24) is 0 Å². The third kappa shape index (κ3) is 6.42. The zero-order valence-electron chi connectivity index (χ0n) is 14.5. The number of aliphatic imine (C=N–C) groups is 2. The molecule has 0 saturated heterocycles. The normalized spacial score (nSPS) is 17.5. The van der Waals surface area contributed by atoms with Crippen LogP contribution in [0.4, 0.5) is 0 Å². The van der Waals surface area contributed by atoms with Crippen molar-refractivity contribution in [3.05, 3.63) is 32.6 Å². The molecule has 2 aromatic heterocycles. The summed E-state index contributed by atoms with van der Waals surface area (Å²) in [6.45, 7) is 3.83. The van der Waals surface area contributed by atoms with Gasteiger partial charge in [-0.2, -0.15) is 11.8 Å². The maximum Gasteiger partial charge on any atom is 0.138 e. The molecule has 0 aliphatic carbocycles. The van der Waals surface area contributed by atoms with Gasteiger partial charge in [-0.25, -0.2) is 0 Å². The van der Waals surface area contributed by atoms with Gasteiger partial charge in [0.25, 0.3) is 0 Å². The Morgan fingerprint density at radius 3 is 1.81 bits per heavy atom. The number of ether oxygens (including phenoxy) is 3. The molecule has 0 atom stereocenters. The van der Waals surface area contributed by atoms with Crippen molar-refractivity contribution in [1.29, 1.82) is 0 Å². The van der Waals surface area contributed by atoms with E-state index in [4.69, 9.17) is 14.2 Å². The third-order valence-electron chi connectivity index (χ3n) is 3.43. The Morgan fingerprint density at radius 2 is 1.27 bits per heavy atom. The summed E-state index contributed by atoms with van der Waals surface area (Å²) in [6, 6.07) is 4.00. The second-order valence-corrected chi connectivity index (χ2v) is 8.41. The summed E-state index contributed by atoms with van der Waals surface area (Å²) >= 11 is 5.11. The van der Waals surface area contributed by atoms with Gasteiger partial charge in [-0.05, 0) is 22.9 Å². The zero-order chi connectivity index (χ0) is 17.9. The molecule has 0 bridgehead atoms. The van der Waals surface area contributed by atoms with Gasteiger partial charge >= 0.3 is 0 Å². The molecule has 0 unspecified atom stereocenters. The number of thioether (sulfide) groups is 1. The van der Waals surface area contributed by atoms with E-state index < -0.39 is 0 Å². The number of rotatable bonds is 0. The van der Waals surface area contributed by atoms with Gasteiger partial charge < -0.3 is 14.2 Å². The fraction of sp³-hybridized carbons (Fsp3) is 0.444. The molecule has 2 aromatic rings. The van der Waals surface area contributed by atoms with E-state index in [2.05, 4.69) is 9.98 Å². The van der Waals surface area contributed by atoms with Gasteiger partial charge in [-0.15, -0.1) is 22.7 Å². The van der Waals surface area contributed by atoms with Gasteiger partial charge in [0.2, 0.25) is 0 Å². The molecule has 1 aliphatic rings. The second kappa shape index (κ2) is 11.4. The van der Waals surface area contributed by atoms with Crippen LogP contribution in [-0.2, 0) is 4.74 Å². The van der Waals surface area contributed by atoms with E-state index in [9.17, 15) is 0 Å². The zero-order valence-corrected chi connectivity index (χ0v) is 16.9. The molecule has 0 radical (unpaired) electrons. The van der Waals surface area contributed by atoms with E-state index >= 15 is 0 Å². The SMILES string of the molecule is C1=NCCOCCN=Cc2sccc2OCCSCCOc2ccsc21. The first-order valence-electron chi connectivity index (χ1n) is 8.49. The van der Waals surface area contributed by atoms with Crippen molar-refractivity contribution >= 4 is 46.9 Å². The molecule has 0 N–H and O–H groups in total. The smallest absolute Gasteiger partial charge is 0.138 e. The first-order chi connectivity index (χ1) is 12.9. The summed E-state index contributed by atoms with van der Waals surface area (Å²) in [5.74, 6) is 3.68. The van der Waals surface area contributed by atoms with Gasteiger partial charge in [0.1, 0.15) is 11.5 Å². The minimum absolute atomic E-state index is 0.595. The van der Waals surface area contributed by atoms with E-state index in [0.717, 1.165) is 32.8 Å². The Bertz CT molecular complexity index is 654. The number of hydrogen-bond acceptors (Lipinski definition) is 8. The van der Waals surface area contributed by atoms with Crippen LogP contribution in [0, 0.1) is 0 Å². The number of nitrogens with zero attached hydrogens (tertiary/aromatic N) is 2. The Kier molecular flexibility index (Phi) is 8.50. The summed E-state index contributed by atoms with van der Waals surface area (Å²) in [5, 5.41) is 4.06. The van der Waals surface area contributed by atoms with Gasteiger partial charge in [0.05, 0.1) is 49.3 Å². The molecule has 3 rings (SSSR count). The van der Waals surface area contributed by atoms with Gasteiger partial charge in [0, 0.05) is 23.9 Å². The van der Waals surface area contributed by atoms with Crippen LogP contribution in [0.5, 0.6) is 11.5 Å². The highest BCUT2D eigenvalue weighted by molar-refractivity contribution is 7.99. The number of hydrogen-bond donors (Lipinski definition) is 0. The topological polar surface area (TPSA) is 52.4 Å². The highest BCUT2D eigenvalue weighted by Crippen LogP contribution is 2.24. The lowest BCUT2D eigenvalue weighted by atomic mass is 10.4. The van der Waals surface area contributed by atoms with E-state index in [1.54, 1.807) is 22.7 Å². The van der Waals surface area contributed by atoms with E-state index in [0.29, 0.717) is 39.5 Å².